The van der Waals surface area contributed by atoms with Crippen molar-refractivity contribution in [3.8, 4) is 22.8 Å². The highest BCUT2D eigenvalue weighted by atomic mass is 35.5. The summed E-state index contributed by atoms with van der Waals surface area (Å²) in [5.74, 6) is -0.761. The maximum atomic E-state index is 13.8. The van der Waals surface area contributed by atoms with Crippen molar-refractivity contribution in [1.82, 2.24) is 19.9 Å². The van der Waals surface area contributed by atoms with E-state index in [0.29, 0.717) is 17.8 Å². The number of phenols is 2. The van der Waals surface area contributed by atoms with Gasteiger partial charge in [-0.2, -0.15) is 4.98 Å². The lowest BCUT2D eigenvalue weighted by Crippen LogP contribution is -2.38. The van der Waals surface area contributed by atoms with Crippen molar-refractivity contribution in [2.24, 2.45) is 0 Å². The van der Waals surface area contributed by atoms with Crippen molar-refractivity contribution in [2.75, 3.05) is 4.90 Å². The fourth-order valence-corrected chi connectivity index (χ4v) is 5.03. The summed E-state index contributed by atoms with van der Waals surface area (Å²) >= 11 is 6.18. The van der Waals surface area contributed by atoms with Crippen LogP contribution in [-0.4, -0.2) is 36.1 Å². The van der Waals surface area contributed by atoms with E-state index >= 15 is 0 Å². The number of halogens is 1. The zero-order valence-corrected chi connectivity index (χ0v) is 19.6. The Morgan fingerprint density at radius 2 is 1.97 bits per heavy atom. The van der Waals surface area contributed by atoms with Crippen LogP contribution < -0.4 is 4.90 Å². The van der Waals surface area contributed by atoms with Crippen LogP contribution in [0.5, 0.6) is 11.5 Å². The molecule has 178 valence electrons. The number of carbonyl (C=O) groups excluding carboxylic acids is 1. The summed E-state index contributed by atoms with van der Waals surface area (Å²) < 4.78 is 0. The largest absolute Gasteiger partial charge is 0.508 e. The number of amides is 1. The Hall–Kier alpha value is -4.43. The van der Waals surface area contributed by atoms with Crippen molar-refractivity contribution in [3.63, 3.8) is 0 Å². The minimum absolute atomic E-state index is 0.107. The van der Waals surface area contributed by atoms with Crippen molar-refractivity contribution >= 4 is 34.2 Å². The molecule has 1 amide bonds. The van der Waals surface area contributed by atoms with Crippen molar-refractivity contribution in [1.29, 1.82) is 0 Å². The summed E-state index contributed by atoms with van der Waals surface area (Å²) in [6.07, 6.45) is 6.63. The molecule has 3 N–H and O–H groups in total. The Labute approximate surface area is 210 Å². The molecule has 0 aliphatic carbocycles. The van der Waals surface area contributed by atoms with Gasteiger partial charge in [0.15, 0.2) is 0 Å². The predicted molar refractivity (Wildman–Crippen MR) is 136 cm³/mol. The smallest absolute Gasteiger partial charge is 0.262 e. The zero-order valence-electron chi connectivity index (χ0n) is 18.9. The molecule has 5 aromatic rings. The molecule has 1 aliphatic rings. The Morgan fingerprint density at radius 1 is 1.08 bits per heavy atom. The van der Waals surface area contributed by atoms with Crippen molar-refractivity contribution < 1.29 is 15.0 Å². The molecule has 0 saturated carbocycles. The van der Waals surface area contributed by atoms with E-state index in [-0.39, 0.29) is 34.3 Å². The molecule has 0 spiro atoms. The van der Waals surface area contributed by atoms with Gasteiger partial charge in [-0.05, 0) is 72.0 Å². The van der Waals surface area contributed by atoms with Crippen LogP contribution >= 0.6 is 11.6 Å². The average Bonchev–Trinajstić information content (AvgIpc) is 3.36. The van der Waals surface area contributed by atoms with Gasteiger partial charge in [0, 0.05) is 41.3 Å². The molecular weight excluding hydrogens is 478 g/mol. The lowest BCUT2D eigenvalue weighted by atomic mass is 9.89. The van der Waals surface area contributed by atoms with Crippen LogP contribution in [-0.2, 0) is 6.42 Å². The first-order chi connectivity index (χ1) is 17.5. The summed E-state index contributed by atoms with van der Waals surface area (Å²) in [7, 11) is 0. The van der Waals surface area contributed by atoms with E-state index in [1.54, 1.807) is 23.5 Å². The van der Waals surface area contributed by atoms with Gasteiger partial charge < -0.3 is 20.1 Å². The van der Waals surface area contributed by atoms with Crippen molar-refractivity contribution in [2.45, 2.75) is 18.9 Å². The second-order valence-electron chi connectivity index (χ2n) is 8.64. The zero-order chi connectivity index (χ0) is 24.8. The second kappa shape index (κ2) is 8.66. The topological polar surface area (TPSA) is 115 Å². The van der Waals surface area contributed by atoms with E-state index in [2.05, 4.69) is 19.9 Å². The van der Waals surface area contributed by atoms with Crippen LogP contribution in [0.3, 0.4) is 0 Å². The highest BCUT2D eigenvalue weighted by Gasteiger charge is 2.34. The first-order valence-corrected chi connectivity index (χ1v) is 11.8. The number of rotatable bonds is 3. The Kier molecular flexibility index (Phi) is 5.30. The monoisotopic (exact) mass is 497 g/mol. The predicted octanol–water partition coefficient (Wildman–Crippen LogP) is 5.42. The van der Waals surface area contributed by atoms with Crippen LogP contribution in [0.4, 0.5) is 5.69 Å². The Bertz CT molecular complexity index is 1620. The first kappa shape index (κ1) is 22.1. The van der Waals surface area contributed by atoms with Crippen LogP contribution in [0.25, 0.3) is 22.3 Å². The van der Waals surface area contributed by atoms with Gasteiger partial charge in [-0.15, -0.1) is 0 Å². The number of anilines is 1. The molecule has 9 heteroatoms. The molecule has 1 atom stereocenters. The molecular formula is C27H20ClN5O3. The Balaban J connectivity index is 1.49. The molecule has 0 radical (unpaired) electrons. The summed E-state index contributed by atoms with van der Waals surface area (Å²) in [6.45, 7) is 0. The van der Waals surface area contributed by atoms with Crippen LogP contribution in [0.2, 0.25) is 5.28 Å². The van der Waals surface area contributed by atoms with Gasteiger partial charge in [0.2, 0.25) is 5.28 Å². The number of aromatic nitrogens is 4. The number of hydrogen-bond acceptors (Lipinski definition) is 6. The van der Waals surface area contributed by atoms with Gasteiger partial charge in [0.05, 0.1) is 17.3 Å². The number of nitrogens with one attached hydrogen (secondary N) is 1. The van der Waals surface area contributed by atoms with Crippen LogP contribution in [0, 0.1) is 0 Å². The van der Waals surface area contributed by atoms with Gasteiger partial charge in [-0.3, -0.25) is 9.78 Å². The van der Waals surface area contributed by atoms with E-state index in [1.165, 1.54) is 18.2 Å². The summed E-state index contributed by atoms with van der Waals surface area (Å²) in [5.41, 5.74) is 4.93. The molecule has 1 aliphatic heterocycles. The van der Waals surface area contributed by atoms with Gasteiger partial charge in [-0.1, -0.05) is 12.1 Å². The number of benzene rings is 2. The number of hydrogen-bond donors (Lipinski definition) is 3. The highest BCUT2D eigenvalue weighted by molar-refractivity contribution is 6.28. The van der Waals surface area contributed by atoms with Crippen LogP contribution in [0.15, 0.2) is 73.2 Å². The summed E-state index contributed by atoms with van der Waals surface area (Å²) in [6, 6.07) is 15.2. The number of nitrogens with zero attached hydrogens (tertiary/aromatic N) is 4. The molecule has 0 fully saturated rings. The molecule has 36 heavy (non-hydrogen) atoms. The Morgan fingerprint density at radius 3 is 2.78 bits per heavy atom. The number of fused-ring (bicyclic) bond motifs is 2. The van der Waals surface area contributed by atoms with E-state index < -0.39 is 0 Å². The van der Waals surface area contributed by atoms with Gasteiger partial charge >= 0.3 is 0 Å². The molecule has 3 aromatic heterocycles. The maximum Gasteiger partial charge on any atom is 0.262 e. The third kappa shape index (κ3) is 3.72. The third-order valence-corrected chi connectivity index (χ3v) is 6.67. The molecule has 0 saturated heterocycles. The van der Waals surface area contributed by atoms with Gasteiger partial charge in [-0.25, -0.2) is 4.98 Å². The fourth-order valence-electron chi connectivity index (χ4n) is 4.86. The third-order valence-electron chi connectivity index (χ3n) is 6.50. The lowest BCUT2D eigenvalue weighted by molar-refractivity contribution is 0.0970. The van der Waals surface area contributed by atoms with E-state index in [0.717, 1.165) is 34.2 Å². The first-order valence-electron chi connectivity index (χ1n) is 11.4. The van der Waals surface area contributed by atoms with Gasteiger partial charge in [0.25, 0.3) is 5.91 Å². The molecule has 4 heterocycles. The van der Waals surface area contributed by atoms with Gasteiger partial charge in [0.1, 0.15) is 17.1 Å². The number of aromatic hydroxyl groups is 2. The number of H-pyrrole nitrogens is 1. The lowest BCUT2D eigenvalue weighted by Gasteiger charge is -2.38. The standard InChI is InChI=1S/C27H20ClN5O3/c28-27-31-24(20-9-11-30-25(20)32-27)16-4-8-21-15(12-16)3-7-22(17-2-1-10-29-14-17)33(21)26(36)19-6-5-18(34)13-23(19)35/h1-2,4-6,8-14,22,34-35H,3,7H2,(H,30,31,32). The quantitative estimate of drug-likeness (QED) is 0.287. The number of phenolic OH excluding ortho intramolecular Hbond substituents is 2. The number of pyridine rings is 1. The number of carbonyl (C=O) groups is 1. The minimum atomic E-state index is -0.367. The second-order valence-corrected chi connectivity index (χ2v) is 8.98. The maximum absolute atomic E-state index is 13.8. The molecule has 0 bridgehead atoms. The molecule has 6 rings (SSSR count). The SMILES string of the molecule is O=C(c1ccc(O)cc1O)N1c2ccc(-c3nc(Cl)nc4[nH]ccc34)cc2CCC1c1cccnc1. The van der Waals surface area contributed by atoms with Crippen molar-refractivity contribution in [3.05, 3.63) is 95.2 Å². The normalized spacial score (nSPS) is 15.1. The molecule has 2 aromatic carbocycles. The summed E-state index contributed by atoms with van der Waals surface area (Å²) in [4.78, 5) is 31.6. The summed E-state index contributed by atoms with van der Waals surface area (Å²) in [5, 5.41) is 21.2. The fraction of sp³-hybridized carbons (Fsp3) is 0.111. The van der Waals surface area contributed by atoms with E-state index in [4.69, 9.17) is 11.6 Å². The minimum Gasteiger partial charge on any atom is -0.508 e. The molecule has 1 unspecified atom stereocenters. The van der Waals surface area contributed by atoms with E-state index in [9.17, 15) is 15.0 Å². The number of aryl methyl sites for hydroxylation is 1. The van der Waals surface area contributed by atoms with Crippen LogP contribution in [0.1, 0.15) is 33.9 Å². The highest BCUT2D eigenvalue weighted by Crippen LogP contribution is 2.42. The average molecular weight is 498 g/mol. The van der Waals surface area contributed by atoms with E-state index in [1.807, 2.05) is 36.4 Å². The molecule has 8 nitrogen and oxygen atoms in total. The number of aromatic amines is 1.